The maximum absolute atomic E-state index is 12.2. The Labute approximate surface area is 130 Å². The van der Waals surface area contributed by atoms with E-state index in [0.29, 0.717) is 24.5 Å². The van der Waals surface area contributed by atoms with Crippen molar-refractivity contribution in [3.8, 4) is 5.75 Å². The van der Waals surface area contributed by atoms with Crippen molar-refractivity contribution in [2.45, 2.75) is 31.3 Å². The van der Waals surface area contributed by atoms with E-state index in [1.165, 1.54) is 18.2 Å². The summed E-state index contributed by atoms with van der Waals surface area (Å²) in [5.74, 6) is 0.157. The number of benzene rings is 1. The van der Waals surface area contributed by atoms with Gasteiger partial charge in [0.05, 0.1) is 16.7 Å². The van der Waals surface area contributed by atoms with E-state index in [2.05, 4.69) is 10.0 Å². The summed E-state index contributed by atoms with van der Waals surface area (Å²) in [6.45, 7) is 4.57. The van der Waals surface area contributed by atoms with E-state index < -0.39 is 10.0 Å². The summed E-state index contributed by atoms with van der Waals surface area (Å²) in [5.41, 5.74) is 0.363. The lowest BCUT2D eigenvalue weighted by Gasteiger charge is -2.18. The second-order valence-electron chi connectivity index (χ2n) is 5.17. The number of fused-ring (bicyclic) bond motifs is 1. The Bertz CT molecular complexity index is 643. The SMILES string of the molecule is CC(C)OCCCNS(=O)(=O)c1ccc2c(c1)NC(=O)CO2. The topological polar surface area (TPSA) is 93.7 Å². The van der Waals surface area contributed by atoms with Crippen LogP contribution in [0.2, 0.25) is 0 Å². The highest BCUT2D eigenvalue weighted by atomic mass is 32.2. The molecule has 2 N–H and O–H groups in total. The average molecular weight is 328 g/mol. The Morgan fingerprint density at radius 1 is 1.41 bits per heavy atom. The molecule has 2 rings (SSSR count). The zero-order valence-corrected chi connectivity index (χ0v) is 13.4. The molecule has 7 nitrogen and oxygen atoms in total. The van der Waals surface area contributed by atoms with E-state index in [0.717, 1.165) is 0 Å². The fourth-order valence-corrected chi connectivity index (χ4v) is 3.01. The summed E-state index contributed by atoms with van der Waals surface area (Å²) >= 11 is 0. The van der Waals surface area contributed by atoms with Gasteiger partial charge in [-0.25, -0.2) is 13.1 Å². The van der Waals surface area contributed by atoms with Gasteiger partial charge < -0.3 is 14.8 Å². The van der Waals surface area contributed by atoms with Crippen LogP contribution in [0.5, 0.6) is 5.75 Å². The second kappa shape index (κ2) is 7.08. The van der Waals surface area contributed by atoms with Gasteiger partial charge in [-0.3, -0.25) is 4.79 Å². The van der Waals surface area contributed by atoms with E-state index in [9.17, 15) is 13.2 Å². The molecule has 0 atom stereocenters. The Kier molecular flexibility index (Phi) is 5.38. The Morgan fingerprint density at radius 2 is 2.18 bits per heavy atom. The maximum atomic E-state index is 12.2. The van der Waals surface area contributed by atoms with Crippen LogP contribution in [-0.2, 0) is 19.6 Å². The molecule has 0 aliphatic carbocycles. The Morgan fingerprint density at radius 3 is 2.91 bits per heavy atom. The summed E-state index contributed by atoms with van der Waals surface area (Å²) in [6, 6.07) is 4.37. The third kappa shape index (κ3) is 4.43. The number of carbonyl (C=O) groups excluding carboxylic acids is 1. The van der Waals surface area contributed by atoms with Crippen molar-refractivity contribution in [2.75, 3.05) is 25.1 Å². The number of ether oxygens (including phenoxy) is 2. The number of carbonyl (C=O) groups is 1. The number of sulfonamides is 1. The van der Waals surface area contributed by atoms with Crippen molar-refractivity contribution in [3.05, 3.63) is 18.2 Å². The third-order valence-electron chi connectivity index (χ3n) is 2.96. The van der Waals surface area contributed by atoms with Crippen molar-refractivity contribution in [2.24, 2.45) is 0 Å². The summed E-state index contributed by atoms with van der Waals surface area (Å²) in [5, 5.41) is 2.59. The fourth-order valence-electron chi connectivity index (χ4n) is 1.91. The molecule has 0 bridgehead atoms. The molecule has 1 aromatic rings. The highest BCUT2D eigenvalue weighted by molar-refractivity contribution is 7.89. The van der Waals surface area contributed by atoms with Crippen molar-refractivity contribution < 1.29 is 22.7 Å². The first-order valence-corrected chi connectivity index (χ1v) is 8.55. The average Bonchev–Trinajstić information content (AvgIpc) is 2.45. The fraction of sp³-hybridized carbons (Fsp3) is 0.500. The minimum atomic E-state index is -3.62. The van der Waals surface area contributed by atoms with Gasteiger partial charge in [0.15, 0.2) is 6.61 Å². The van der Waals surface area contributed by atoms with Crippen molar-refractivity contribution in [3.63, 3.8) is 0 Å². The number of nitrogens with one attached hydrogen (secondary N) is 2. The van der Waals surface area contributed by atoms with Gasteiger partial charge in [-0.05, 0) is 38.5 Å². The van der Waals surface area contributed by atoms with Crippen LogP contribution in [0, 0.1) is 0 Å². The molecule has 122 valence electrons. The normalized spacial score (nSPS) is 14.4. The second-order valence-corrected chi connectivity index (χ2v) is 6.93. The molecule has 1 heterocycles. The largest absolute Gasteiger partial charge is 0.482 e. The molecule has 0 fully saturated rings. The molecule has 8 heteroatoms. The predicted octanol–water partition coefficient (Wildman–Crippen LogP) is 1.11. The molecule has 0 spiro atoms. The van der Waals surface area contributed by atoms with Crippen LogP contribution in [0.1, 0.15) is 20.3 Å². The lowest BCUT2D eigenvalue weighted by molar-refractivity contribution is -0.118. The van der Waals surface area contributed by atoms with Crippen molar-refractivity contribution in [1.82, 2.24) is 4.72 Å². The lowest BCUT2D eigenvalue weighted by atomic mass is 10.2. The first-order valence-electron chi connectivity index (χ1n) is 7.06. The monoisotopic (exact) mass is 328 g/mol. The summed E-state index contributed by atoms with van der Waals surface area (Å²) in [6.07, 6.45) is 0.711. The van der Waals surface area contributed by atoms with Crippen LogP contribution in [-0.4, -0.2) is 40.2 Å². The van der Waals surface area contributed by atoms with E-state index >= 15 is 0 Å². The third-order valence-corrected chi connectivity index (χ3v) is 4.42. The smallest absolute Gasteiger partial charge is 0.262 e. The number of hydrogen-bond donors (Lipinski definition) is 2. The van der Waals surface area contributed by atoms with Gasteiger partial charge in [0.2, 0.25) is 10.0 Å². The number of anilines is 1. The zero-order chi connectivity index (χ0) is 16.2. The minimum Gasteiger partial charge on any atom is -0.482 e. The molecule has 1 aliphatic rings. The van der Waals surface area contributed by atoms with Crippen LogP contribution in [0.15, 0.2) is 23.1 Å². The van der Waals surface area contributed by atoms with Crippen LogP contribution >= 0.6 is 0 Å². The minimum absolute atomic E-state index is 0.0623. The number of hydrogen-bond acceptors (Lipinski definition) is 5. The van der Waals surface area contributed by atoms with Crippen LogP contribution in [0.3, 0.4) is 0 Å². The molecule has 22 heavy (non-hydrogen) atoms. The molecule has 0 aromatic heterocycles. The zero-order valence-electron chi connectivity index (χ0n) is 12.6. The van der Waals surface area contributed by atoms with Gasteiger partial charge in [-0.1, -0.05) is 0 Å². The van der Waals surface area contributed by atoms with Crippen molar-refractivity contribution >= 4 is 21.6 Å². The molecule has 0 saturated heterocycles. The van der Waals surface area contributed by atoms with Crippen LogP contribution < -0.4 is 14.8 Å². The quantitative estimate of drug-likeness (QED) is 0.731. The summed E-state index contributed by atoms with van der Waals surface area (Å²) in [7, 11) is -3.62. The lowest BCUT2D eigenvalue weighted by Crippen LogP contribution is -2.28. The standard InChI is InChI=1S/C14H20N2O5S/c1-10(2)20-7-3-6-15-22(18,19)11-4-5-13-12(8-11)16-14(17)9-21-13/h4-5,8,10,15H,3,6-7,9H2,1-2H3,(H,16,17). The van der Waals surface area contributed by atoms with Gasteiger partial charge >= 0.3 is 0 Å². The number of rotatable bonds is 7. The van der Waals surface area contributed by atoms with Gasteiger partial charge in [0.25, 0.3) is 5.91 Å². The molecule has 1 aromatic carbocycles. The van der Waals surface area contributed by atoms with Gasteiger partial charge in [0, 0.05) is 13.2 Å². The first-order chi connectivity index (χ1) is 10.4. The molecule has 1 amide bonds. The molecular formula is C14H20N2O5S. The van der Waals surface area contributed by atoms with Crippen LogP contribution in [0.4, 0.5) is 5.69 Å². The van der Waals surface area contributed by atoms with Gasteiger partial charge in [-0.15, -0.1) is 0 Å². The molecule has 0 radical (unpaired) electrons. The molecule has 0 saturated carbocycles. The Balaban J connectivity index is 1.97. The predicted molar refractivity (Wildman–Crippen MR) is 81.5 cm³/mol. The van der Waals surface area contributed by atoms with E-state index in [-0.39, 0.29) is 30.1 Å². The van der Waals surface area contributed by atoms with Gasteiger partial charge in [0.1, 0.15) is 5.75 Å². The number of amides is 1. The van der Waals surface area contributed by atoms with Crippen molar-refractivity contribution in [1.29, 1.82) is 0 Å². The summed E-state index contributed by atoms with van der Waals surface area (Å²) < 4.78 is 37.4. The molecule has 1 aliphatic heterocycles. The van der Waals surface area contributed by atoms with E-state index in [4.69, 9.17) is 9.47 Å². The molecular weight excluding hydrogens is 308 g/mol. The Hall–Kier alpha value is -1.64. The van der Waals surface area contributed by atoms with E-state index in [1.807, 2.05) is 13.8 Å². The summed E-state index contributed by atoms with van der Waals surface area (Å²) in [4.78, 5) is 11.4. The van der Waals surface area contributed by atoms with E-state index in [1.54, 1.807) is 0 Å². The maximum Gasteiger partial charge on any atom is 0.262 e. The first kappa shape index (κ1) is 16.7. The van der Waals surface area contributed by atoms with Crippen LogP contribution in [0.25, 0.3) is 0 Å². The van der Waals surface area contributed by atoms with Gasteiger partial charge in [-0.2, -0.15) is 0 Å². The highest BCUT2D eigenvalue weighted by Crippen LogP contribution is 2.29. The highest BCUT2D eigenvalue weighted by Gasteiger charge is 2.20. The molecule has 0 unspecified atom stereocenters.